The van der Waals surface area contributed by atoms with Crippen LogP contribution in [0.3, 0.4) is 0 Å². The summed E-state index contributed by atoms with van der Waals surface area (Å²) in [5, 5.41) is 9.57. The lowest BCUT2D eigenvalue weighted by molar-refractivity contribution is 0.248. The highest BCUT2D eigenvalue weighted by molar-refractivity contribution is 7.13. The molecule has 4 rings (SSSR count). The third-order valence-electron chi connectivity index (χ3n) is 4.56. The van der Waals surface area contributed by atoms with Crippen molar-refractivity contribution in [2.45, 2.75) is 26.6 Å². The van der Waals surface area contributed by atoms with E-state index in [1.54, 1.807) is 11.3 Å². The van der Waals surface area contributed by atoms with E-state index in [1.807, 2.05) is 18.6 Å². The Morgan fingerprint density at radius 2 is 1.67 bits per heavy atom. The Labute approximate surface area is 163 Å². The predicted octanol–water partition coefficient (Wildman–Crippen LogP) is 5.04. The number of nitrogens with one attached hydrogen (secondary N) is 1. The van der Waals surface area contributed by atoms with Crippen LogP contribution in [0.2, 0.25) is 0 Å². The normalized spacial score (nSPS) is 11.2. The smallest absolute Gasteiger partial charge is 0.0794 e. The van der Waals surface area contributed by atoms with Crippen molar-refractivity contribution >= 4 is 11.3 Å². The van der Waals surface area contributed by atoms with E-state index in [9.17, 15) is 0 Å². The Morgan fingerprint density at radius 3 is 2.37 bits per heavy atom. The Bertz CT molecular complexity index is 959. The minimum Gasteiger partial charge on any atom is -0.290 e. The summed E-state index contributed by atoms with van der Waals surface area (Å²) in [5.74, 6) is 0. The van der Waals surface area contributed by atoms with Crippen LogP contribution in [0, 0.1) is 6.92 Å². The van der Waals surface area contributed by atoms with Gasteiger partial charge in [0.2, 0.25) is 0 Å². The molecule has 0 spiro atoms. The molecule has 0 bridgehead atoms. The summed E-state index contributed by atoms with van der Waals surface area (Å²) in [7, 11) is 0. The van der Waals surface area contributed by atoms with Gasteiger partial charge in [0, 0.05) is 37.6 Å². The molecular weight excluding hydrogens is 352 g/mol. The predicted molar refractivity (Wildman–Crippen MR) is 110 cm³/mol. The first-order valence-corrected chi connectivity index (χ1v) is 9.89. The quantitative estimate of drug-likeness (QED) is 0.493. The monoisotopic (exact) mass is 374 g/mol. The lowest BCUT2D eigenvalue weighted by Crippen LogP contribution is -2.22. The fourth-order valence-electron chi connectivity index (χ4n) is 3.17. The number of aromatic amines is 1. The maximum absolute atomic E-state index is 4.30. The number of aromatic nitrogens is 3. The molecule has 4 aromatic rings. The van der Waals surface area contributed by atoms with Gasteiger partial charge in [-0.25, -0.2) is 0 Å². The van der Waals surface area contributed by atoms with Crippen molar-refractivity contribution in [3.05, 3.63) is 94.8 Å². The molecular formula is C22H22N4S. The van der Waals surface area contributed by atoms with Crippen LogP contribution in [0.15, 0.2) is 72.5 Å². The molecule has 4 nitrogen and oxygen atoms in total. The summed E-state index contributed by atoms with van der Waals surface area (Å²) >= 11 is 1.73. The number of H-pyrrole nitrogens is 1. The van der Waals surface area contributed by atoms with Gasteiger partial charge in [0.1, 0.15) is 0 Å². The molecule has 1 aromatic carbocycles. The number of hydrogen-bond donors (Lipinski definition) is 1. The van der Waals surface area contributed by atoms with Crippen LogP contribution >= 0.6 is 11.3 Å². The van der Waals surface area contributed by atoms with Gasteiger partial charge in [-0.05, 0) is 41.6 Å². The molecule has 3 aromatic heterocycles. The Kier molecular flexibility index (Phi) is 5.42. The van der Waals surface area contributed by atoms with E-state index >= 15 is 0 Å². The molecule has 27 heavy (non-hydrogen) atoms. The summed E-state index contributed by atoms with van der Waals surface area (Å²) in [6.07, 6.45) is 5.66. The third-order valence-corrected chi connectivity index (χ3v) is 5.45. The molecule has 0 aliphatic heterocycles. The molecule has 1 N–H and O–H groups in total. The second-order valence-corrected chi connectivity index (χ2v) is 7.68. The van der Waals surface area contributed by atoms with Crippen LogP contribution in [0.1, 0.15) is 22.3 Å². The van der Waals surface area contributed by atoms with Gasteiger partial charge in [-0.3, -0.25) is 15.0 Å². The topological polar surface area (TPSA) is 44.8 Å². The van der Waals surface area contributed by atoms with Gasteiger partial charge in [0.05, 0.1) is 16.8 Å². The van der Waals surface area contributed by atoms with Crippen LogP contribution in [0.4, 0.5) is 0 Å². The van der Waals surface area contributed by atoms with Crippen LogP contribution < -0.4 is 0 Å². The van der Waals surface area contributed by atoms with Gasteiger partial charge in [-0.15, -0.1) is 11.3 Å². The van der Waals surface area contributed by atoms with Crippen molar-refractivity contribution in [1.29, 1.82) is 0 Å². The number of rotatable bonds is 7. The highest BCUT2D eigenvalue weighted by Gasteiger charge is 2.14. The standard InChI is InChI=1S/C22H22N4S/c1-17-4-6-18(7-5-17)14-26(15-19-8-10-23-11-9-19)16-20-13-24-25-22(20)21-3-2-12-27-21/h2-13H,14-16H2,1H3,(H,24,25). The van der Waals surface area contributed by atoms with Crippen molar-refractivity contribution in [3.8, 4) is 10.6 Å². The summed E-state index contributed by atoms with van der Waals surface area (Å²) < 4.78 is 0. The number of thiophene rings is 1. The first-order chi connectivity index (χ1) is 13.3. The first-order valence-electron chi connectivity index (χ1n) is 9.01. The van der Waals surface area contributed by atoms with Crippen molar-refractivity contribution in [3.63, 3.8) is 0 Å². The molecule has 3 heterocycles. The van der Waals surface area contributed by atoms with E-state index in [0.29, 0.717) is 0 Å². The lowest BCUT2D eigenvalue weighted by atomic mass is 10.1. The SMILES string of the molecule is Cc1ccc(CN(Cc2ccncc2)Cc2cn[nH]c2-c2cccs2)cc1. The molecule has 0 atom stereocenters. The Balaban J connectivity index is 1.58. The van der Waals surface area contributed by atoms with Gasteiger partial charge in [-0.2, -0.15) is 5.10 Å². The molecule has 0 amide bonds. The highest BCUT2D eigenvalue weighted by Crippen LogP contribution is 2.27. The first kappa shape index (κ1) is 17.6. The number of nitrogens with zero attached hydrogens (tertiary/aromatic N) is 3. The van der Waals surface area contributed by atoms with E-state index in [4.69, 9.17) is 0 Å². The van der Waals surface area contributed by atoms with E-state index in [0.717, 1.165) is 25.3 Å². The zero-order valence-electron chi connectivity index (χ0n) is 15.3. The average molecular weight is 375 g/mol. The minimum absolute atomic E-state index is 0.833. The largest absolute Gasteiger partial charge is 0.290 e. The Morgan fingerprint density at radius 1 is 0.926 bits per heavy atom. The fourth-order valence-corrected chi connectivity index (χ4v) is 3.93. The van der Waals surface area contributed by atoms with Crippen molar-refractivity contribution in [2.24, 2.45) is 0 Å². The molecule has 0 saturated heterocycles. The number of benzene rings is 1. The summed E-state index contributed by atoms with van der Waals surface area (Å²) in [6.45, 7) is 4.71. The van der Waals surface area contributed by atoms with Gasteiger partial charge < -0.3 is 0 Å². The summed E-state index contributed by atoms with van der Waals surface area (Å²) in [4.78, 5) is 7.81. The van der Waals surface area contributed by atoms with Crippen LogP contribution in [-0.4, -0.2) is 20.1 Å². The van der Waals surface area contributed by atoms with Crippen LogP contribution in [-0.2, 0) is 19.6 Å². The Hall–Kier alpha value is -2.76. The molecule has 0 radical (unpaired) electrons. The maximum Gasteiger partial charge on any atom is 0.0794 e. The molecule has 0 saturated carbocycles. The highest BCUT2D eigenvalue weighted by atomic mass is 32.1. The third kappa shape index (κ3) is 4.51. The van der Waals surface area contributed by atoms with Gasteiger partial charge in [0.25, 0.3) is 0 Å². The van der Waals surface area contributed by atoms with Crippen molar-refractivity contribution < 1.29 is 0 Å². The van der Waals surface area contributed by atoms with E-state index in [2.05, 4.69) is 80.9 Å². The zero-order valence-corrected chi connectivity index (χ0v) is 16.1. The van der Waals surface area contributed by atoms with Gasteiger partial charge in [-0.1, -0.05) is 35.9 Å². The second-order valence-electron chi connectivity index (χ2n) is 6.73. The minimum atomic E-state index is 0.833. The van der Waals surface area contributed by atoms with Gasteiger partial charge in [0.15, 0.2) is 0 Å². The van der Waals surface area contributed by atoms with Crippen molar-refractivity contribution in [1.82, 2.24) is 20.1 Å². The molecule has 0 aliphatic carbocycles. The molecule has 136 valence electrons. The molecule has 0 aliphatic rings. The van der Waals surface area contributed by atoms with E-state index < -0.39 is 0 Å². The molecule has 5 heteroatoms. The van der Waals surface area contributed by atoms with Gasteiger partial charge >= 0.3 is 0 Å². The van der Waals surface area contributed by atoms with E-state index in [-0.39, 0.29) is 0 Å². The molecule has 0 fully saturated rings. The zero-order chi connectivity index (χ0) is 18.5. The summed E-state index contributed by atoms with van der Waals surface area (Å²) in [5.41, 5.74) is 6.20. The lowest BCUT2D eigenvalue weighted by Gasteiger charge is -2.22. The van der Waals surface area contributed by atoms with E-state index in [1.165, 1.54) is 27.1 Å². The van der Waals surface area contributed by atoms with Crippen LogP contribution in [0.25, 0.3) is 10.6 Å². The fraction of sp³-hybridized carbons (Fsp3) is 0.182. The number of aryl methyl sites for hydroxylation is 1. The number of hydrogen-bond acceptors (Lipinski definition) is 4. The molecule has 0 unspecified atom stereocenters. The number of pyridine rings is 1. The van der Waals surface area contributed by atoms with Crippen molar-refractivity contribution in [2.75, 3.05) is 0 Å². The second kappa shape index (κ2) is 8.29. The average Bonchev–Trinajstić information content (AvgIpc) is 3.36. The van der Waals surface area contributed by atoms with Crippen LogP contribution in [0.5, 0.6) is 0 Å². The summed E-state index contributed by atoms with van der Waals surface area (Å²) in [6, 6.07) is 17.1. The maximum atomic E-state index is 4.30.